The maximum atomic E-state index is 12.3. The normalized spacial score (nSPS) is 12.0. The van der Waals surface area contributed by atoms with Gasteiger partial charge in [0.2, 0.25) is 5.82 Å². The summed E-state index contributed by atoms with van der Waals surface area (Å²) in [7, 11) is 0. The van der Waals surface area contributed by atoms with Crippen molar-refractivity contribution in [3.8, 4) is 0 Å². The number of rotatable bonds is 5. The van der Waals surface area contributed by atoms with Crippen LogP contribution >= 0.6 is 0 Å². The number of aromatic nitrogens is 3. The molecule has 3 rings (SSSR count). The predicted octanol–water partition coefficient (Wildman–Crippen LogP) is 2.88. The van der Waals surface area contributed by atoms with Gasteiger partial charge >= 0.3 is 0 Å². The third-order valence-electron chi connectivity index (χ3n) is 4.05. The van der Waals surface area contributed by atoms with Crippen LogP contribution in [0.4, 0.5) is 5.69 Å². The SMILES string of the molecule is Cc1ccc(NC(=O)c2ncn(C[C@@H](O)c3ccccc3)n2)cc1C. The number of aryl methyl sites for hydroxylation is 2. The molecular weight excluding hydrogens is 316 g/mol. The molecule has 25 heavy (non-hydrogen) atoms. The van der Waals surface area contributed by atoms with E-state index >= 15 is 0 Å². The molecule has 6 heteroatoms. The number of benzene rings is 2. The molecule has 2 N–H and O–H groups in total. The summed E-state index contributed by atoms with van der Waals surface area (Å²) in [4.78, 5) is 16.3. The van der Waals surface area contributed by atoms with Gasteiger partial charge in [-0.1, -0.05) is 36.4 Å². The third kappa shape index (κ3) is 4.10. The van der Waals surface area contributed by atoms with Crippen LogP contribution in [0.15, 0.2) is 54.9 Å². The van der Waals surface area contributed by atoms with Gasteiger partial charge in [-0.2, -0.15) is 0 Å². The highest BCUT2D eigenvalue weighted by atomic mass is 16.3. The number of carbonyl (C=O) groups excluding carboxylic acids is 1. The monoisotopic (exact) mass is 336 g/mol. The van der Waals surface area contributed by atoms with Crippen molar-refractivity contribution in [2.24, 2.45) is 0 Å². The Labute approximate surface area is 146 Å². The topological polar surface area (TPSA) is 80.0 Å². The number of amides is 1. The van der Waals surface area contributed by atoms with E-state index in [1.807, 2.05) is 62.4 Å². The molecule has 0 radical (unpaired) electrons. The second-order valence-corrected chi connectivity index (χ2v) is 5.97. The molecule has 0 bridgehead atoms. The van der Waals surface area contributed by atoms with Crippen LogP contribution in [-0.4, -0.2) is 25.8 Å². The van der Waals surface area contributed by atoms with E-state index in [1.54, 1.807) is 0 Å². The van der Waals surface area contributed by atoms with E-state index in [4.69, 9.17) is 0 Å². The highest BCUT2D eigenvalue weighted by molar-refractivity contribution is 6.01. The molecule has 0 fully saturated rings. The van der Waals surface area contributed by atoms with Gasteiger partial charge in [0.1, 0.15) is 6.33 Å². The predicted molar refractivity (Wildman–Crippen MR) is 95.3 cm³/mol. The van der Waals surface area contributed by atoms with Gasteiger partial charge in [0.25, 0.3) is 5.91 Å². The molecule has 1 amide bonds. The summed E-state index contributed by atoms with van der Waals surface area (Å²) in [6.45, 7) is 4.24. The van der Waals surface area contributed by atoms with E-state index < -0.39 is 6.10 Å². The van der Waals surface area contributed by atoms with Crippen molar-refractivity contribution in [3.63, 3.8) is 0 Å². The van der Waals surface area contributed by atoms with E-state index in [2.05, 4.69) is 15.4 Å². The van der Waals surface area contributed by atoms with Gasteiger partial charge in [0.15, 0.2) is 0 Å². The molecular formula is C19H20N4O2. The molecule has 6 nitrogen and oxygen atoms in total. The standard InChI is InChI=1S/C19H20N4O2/c1-13-8-9-16(10-14(13)2)21-19(25)18-20-12-23(22-18)11-17(24)15-6-4-3-5-7-15/h3-10,12,17,24H,11H2,1-2H3,(H,21,25)/t17-/m1/s1. The number of anilines is 1. The molecule has 1 atom stereocenters. The van der Waals surface area contributed by atoms with E-state index in [9.17, 15) is 9.90 Å². The highest BCUT2D eigenvalue weighted by Gasteiger charge is 2.14. The van der Waals surface area contributed by atoms with Gasteiger partial charge in [-0.15, -0.1) is 5.10 Å². The molecule has 0 aliphatic rings. The third-order valence-corrected chi connectivity index (χ3v) is 4.05. The Bertz CT molecular complexity index is 874. The summed E-state index contributed by atoms with van der Waals surface area (Å²) in [6, 6.07) is 15.0. The van der Waals surface area contributed by atoms with E-state index in [1.165, 1.54) is 11.0 Å². The van der Waals surface area contributed by atoms with Gasteiger partial charge in [0, 0.05) is 5.69 Å². The Kier molecular flexibility index (Phi) is 4.90. The second kappa shape index (κ2) is 7.27. The van der Waals surface area contributed by atoms with Crippen molar-refractivity contribution in [1.82, 2.24) is 14.8 Å². The molecule has 0 unspecified atom stereocenters. The van der Waals surface area contributed by atoms with Gasteiger partial charge in [0.05, 0.1) is 12.6 Å². The molecule has 0 aliphatic heterocycles. The molecule has 0 saturated carbocycles. The van der Waals surface area contributed by atoms with Crippen molar-refractivity contribution in [1.29, 1.82) is 0 Å². The van der Waals surface area contributed by atoms with Crippen LogP contribution in [0.25, 0.3) is 0 Å². The minimum atomic E-state index is -0.710. The lowest BCUT2D eigenvalue weighted by molar-refractivity contribution is 0.101. The molecule has 128 valence electrons. The number of hydrogen-bond acceptors (Lipinski definition) is 4. The molecule has 0 saturated heterocycles. The van der Waals surface area contributed by atoms with E-state index in [-0.39, 0.29) is 18.3 Å². The van der Waals surface area contributed by atoms with Crippen molar-refractivity contribution >= 4 is 11.6 Å². The smallest absolute Gasteiger partial charge is 0.295 e. The zero-order chi connectivity index (χ0) is 17.8. The Hall–Kier alpha value is -2.99. The average molecular weight is 336 g/mol. The van der Waals surface area contributed by atoms with Crippen molar-refractivity contribution in [2.75, 3.05) is 5.32 Å². The van der Waals surface area contributed by atoms with Crippen LogP contribution in [0.5, 0.6) is 0 Å². The Morgan fingerprint density at radius 2 is 1.92 bits per heavy atom. The summed E-state index contributed by atoms with van der Waals surface area (Å²) < 4.78 is 1.47. The number of aliphatic hydroxyl groups is 1. The lowest BCUT2D eigenvalue weighted by atomic mass is 10.1. The molecule has 3 aromatic rings. The number of nitrogens with zero attached hydrogens (tertiary/aromatic N) is 3. The summed E-state index contributed by atoms with van der Waals surface area (Å²) in [5.41, 5.74) is 3.76. The van der Waals surface area contributed by atoms with Crippen LogP contribution in [0.2, 0.25) is 0 Å². The number of aliphatic hydroxyl groups excluding tert-OH is 1. The molecule has 0 spiro atoms. The first-order chi connectivity index (χ1) is 12.0. The quantitative estimate of drug-likeness (QED) is 0.751. The van der Waals surface area contributed by atoms with Crippen molar-refractivity contribution in [3.05, 3.63) is 77.4 Å². The van der Waals surface area contributed by atoms with Crippen LogP contribution in [-0.2, 0) is 6.54 Å². The minimum Gasteiger partial charge on any atom is -0.386 e. The largest absolute Gasteiger partial charge is 0.386 e. The number of nitrogens with one attached hydrogen (secondary N) is 1. The summed E-state index contributed by atoms with van der Waals surface area (Å²) in [6.07, 6.45) is 0.736. The van der Waals surface area contributed by atoms with Gasteiger partial charge in [-0.05, 0) is 42.7 Å². The van der Waals surface area contributed by atoms with Crippen LogP contribution in [0.3, 0.4) is 0 Å². The lowest BCUT2D eigenvalue weighted by Gasteiger charge is -2.10. The summed E-state index contributed by atoms with van der Waals surface area (Å²) in [5.74, 6) is -0.310. The Morgan fingerprint density at radius 1 is 1.16 bits per heavy atom. The van der Waals surface area contributed by atoms with Crippen molar-refractivity contribution < 1.29 is 9.90 Å². The van der Waals surface area contributed by atoms with Gasteiger partial charge < -0.3 is 10.4 Å². The first-order valence-electron chi connectivity index (χ1n) is 8.04. The van der Waals surface area contributed by atoms with E-state index in [0.29, 0.717) is 5.69 Å². The fourth-order valence-corrected chi connectivity index (χ4v) is 2.45. The second-order valence-electron chi connectivity index (χ2n) is 5.97. The average Bonchev–Trinajstić information content (AvgIpc) is 3.07. The summed E-state index contributed by atoms with van der Waals surface area (Å²) in [5, 5.41) is 17.2. The van der Waals surface area contributed by atoms with Crippen molar-refractivity contribution in [2.45, 2.75) is 26.5 Å². The van der Waals surface area contributed by atoms with Gasteiger partial charge in [-0.25, -0.2) is 9.67 Å². The Balaban J connectivity index is 1.66. The molecule has 1 aromatic heterocycles. The zero-order valence-corrected chi connectivity index (χ0v) is 14.2. The summed E-state index contributed by atoms with van der Waals surface area (Å²) >= 11 is 0. The number of hydrogen-bond donors (Lipinski definition) is 2. The fraction of sp³-hybridized carbons (Fsp3) is 0.211. The maximum Gasteiger partial charge on any atom is 0.295 e. The highest BCUT2D eigenvalue weighted by Crippen LogP contribution is 2.16. The molecule has 1 heterocycles. The van der Waals surface area contributed by atoms with E-state index in [0.717, 1.165) is 16.7 Å². The first kappa shape index (κ1) is 16.9. The molecule has 0 aliphatic carbocycles. The van der Waals surface area contributed by atoms with Crippen LogP contribution in [0.1, 0.15) is 33.4 Å². The Morgan fingerprint density at radius 3 is 2.64 bits per heavy atom. The molecule has 2 aromatic carbocycles. The lowest BCUT2D eigenvalue weighted by Crippen LogP contribution is -2.15. The fourth-order valence-electron chi connectivity index (χ4n) is 2.45. The maximum absolute atomic E-state index is 12.3. The van der Waals surface area contributed by atoms with Crippen LogP contribution < -0.4 is 5.32 Å². The first-order valence-corrected chi connectivity index (χ1v) is 8.04. The van der Waals surface area contributed by atoms with Gasteiger partial charge in [-0.3, -0.25) is 4.79 Å². The van der Waals surface area contributed by atoms with Crippen LogP contribution in [0, 0.1) is 13.8 Å². The minimum absolute atomic E-state index is 0.0680. The zero-order valence-electron chi connectivity index (χ0n) is 14.2. The number of carbonyl (C=O) groups is 1.